The molecule has 1 N–H and O–H groups in total. The lowest BCUT2D eigenvalue weighted by molar-refractivity contribution is -0.274. The van der Waals surface area contributed by atoms with Crippen LogP contribution in [0.5, 0.6) is 5.75 Å². The van der Waals surface area contributed by atoms with E-state index in [4.69, 9.17) is 11.6 Å². The highest BCUT2D eigenvalue weighted by molar-refractivity contribution is 9.10. The van der Waals surface area contributed by atoms with Crippen molar-refractivity contribution in [1.82, 2.24) is 4.98 Å². The average molecular weight is 388 g/mol. The molecule has 0 unspecified atom stereocenters. The molecule has 0 radical (unpaired) electrons. The van der Waals surface area contributed by atoms with Crippen molar-refractivity contribution in [3.8, 4) is 5.75 Å². The molecule has 2 rings (SSSR count). The lowest BCUT2D eigenvalue weighted by Crippen LogP contribution is -2.18. The van der Waals surface area contributed by atoms with E-state index >= 15 is 0 Å². The minimum atomic E-state index is -4.75. The van der Waals surface area contributed by atoms with Crippen LogP contribution < -0.4 is 10.1 Å². The fourth-order valence-corrected chi connectivity index (χ4v) is 2.63. The molecule has 0 aliphatic carbocycles. The predicted octanol–water partition coefficient (Wildman–Crippen LogP) is 5.07. The Balaban J connectivity index is 2.14. The average Bonchev–Trinajstić information content (AvgIpc) is 2.72. The molecule has 0 bridgehead atoms. The molecule has 0 spiro atoms. The summed E-state index contributed by atoms with van der Waals surface area (Å²) in [6.07, 6.45) is -3.26. The number of halogens is 5. The summed E-state index contributed by atoms with van der Waals surface area (Å²) in [5, 5.41) is 3.50. The highest BCUT2D eigenvalue weighted by atomic mass is 79.9. The molecule has 0 fully saturated rings. The highest BCUT2D eigenvalue weighted by Gasteiger charge is 2.32. The number of anilines is 1. The number of rotatable bonds is 4. The van der Waals surface area contributed by atoms with Crippen molar-refractivity contribution in [2.45, 2.75) is 12.9 Å². The Bertz CT molecular complexity index is 606. The van der Waals surface area contributed by atoms with Gasteiger partial charge in [0.2, 0.25) is 0 Å². The SMILES string of the molecule is FC(F)(F)Oc1cc(Br)ccc1NCc1ncc(Cl)s1. The second kappa shape index (κ2) is 6.19. The fourth-order valence-electron chi connectivity index (χ4n) is 1.39. The molecule has 9 heteroatoms. The minimum absolute atomic E-state index is 0.219. The van der Waals surface area contributed by atoms with E-state index in [0.29, 0.717) is 13.8 Å². The van der Waals surface area contributed by atoms with Gasteiger partial charge in [0.15, 0.2) is 5.75 Å². The smallest absolute Gasteiger partial charge is 0.404 e. The molecule has 1 heterocycles. The van der Waals surface area contributed by atoms with Crippen LogP contribution in [-0.2, 0) is 6.54 Å². The summed E-state index contributed by atoms with van der Waals surface area (Å²) in [7, 11) is 0. The second-order valence-electron chi connectivity index (χ2n) is 3.60. The van der Waals surface area contributed by atoms with Gasteiger partial charge in [0, 0.05) is 4.47 Å². The summed E-state index contributed by atoms with van der Waals surface area (Å²) in [5.41, 5.74) is 0.219. The van der Waals surface area contributed by atoms with Gasteiger partial charge < -0.3 is 10.1 Å². The molecule has 0 saturated carbocycles. The number of nitrogens with one attached hydrogen (secondary N) is 1. The Hall–Kier alpha value is -0.990. The van der Waals surface area contributed by atoms with Crippen molar-refractivity contribution in [2.24, 2.45) is 0 Å². The van der Waals surface area contributed by atoms with Gasteiger partial charge in [-0.2, -0.15) is 0 Å². The summed E-state index contributed by atoms with van der Waals surface area (Å²) in [4.78, 5) is 4.00. The van der Waals surface area contributed by atoms with Gasteiger partial charge in [-0.1, -0.05) is 27.5 Å². The third kappa shape index (κ3) is 4.53. The first-order chi connectivity index (χ1) is 9.33. The fraction of sp³-hybridized carbons (Fsp3) is 0.182. The van der Waals surface area contributed by atoms with Crippen LogP contribution in [0.25, 0.3) is 0 Å². The molecule has 2 aromatic rings. The monoisotopic (exact) mass is 386 g/mol. The zero-order chi connectivity index (χ0) is 14.8. The minimum Gasteiger partial charge on any atom is -0.404 e. The Labute approximate surface area is 129 Å². The maximum atomic E-state index is 12.3. The molecule has 3 nitrogen and oxygen atoms in total. The van der Waals surface area contributed by atoms with Crippen molar-refractivity contribution in [3.05, 3.63) is 38.2 Å². The first-order valence-electron chi connectivity index (χ1n) is 5.23. The second-order valence-corrected chi connectivity index (χ2v) is 6.26. The van der Waals surface area contributed by atoms with Crippen LogP contribution in [0, 0.1) is 0 Å². The summed E-state index contributed by atoms with van der Waals surface area (Å²) in [6, 6.07) is 4.34. The predicted molar refractivity (Wildman–Crippen MR) is 75.3 cm³/mol. The lowest BCUT2D eigenvalue weighted by Gasteiger charge is -2.14. The number of benzene rings is 1. The number of aromatic nitrogens is 1. The van der Waals surface area contributed by atoms with Gasteiger partial charge >= 0.3 is 6.36 Å². The summed E-state index contributed by atoms with van der Waals surface area (Å²) in [6.45, 7) is 0.257. The molecule has 0 aliphatic heterocycles. The van der Waals surface area contributed by atoms with Gasteiger partial charge in [0.1, 0.15) is 9.34 Å². The highest BCUT2D eigenvalue weighted by Crippen LogP contribution is 2.33. The quantitative estimate of drug-likeness (QED) is 0.795. The van der Waals surface area contributed by atoms with Crippen LogP contribution in [0.1, 0.15) is 5.01 Å². The lowest BCUT2D eigenvalue weighted by atomic mass is 10.3. The molecular weight excluding hydrogens is 381 g/mol. The van der Waals surface area contributed by atoms with E-state index in [0.717, 1.165) is 0 Å². The van der Waals surface area contributed by atoms with Crippen LogP contribution >= 0.6 is 38.9 Å². The van der Waals surface area contributed by atoms with Gasteiger partial charge in [-0.25, -0.2) is 4.98 Å². The molecular formula is C11H7BrClF3N2OS. The van der Waals surface area contributed by atoms with Crippen molar-refractivity contribution in [1.29, 1.82) is 0 Å². The van der Waals surface area contributed by atoms with Gasteiger partial charge in [-0.3, -0.25) is 0 Å². The first kappa shape index (κ1) is 15.4. The van der Waals surface area contributed by atoms with E-state index in [1.807, 2.05) is 0 Å². The number of alkyl halides is 3. The topological polar surface area (TPSA) is 34.1 Å². The summed E-state index contributed by atoms with van der Waals surface area (Å²) in [5.74, 6) is -0.311. The van der Waals surface area contributed by atoms with E-state index < -0.39 is 6.36 Å². The summed E-state index contributed by atoms with van der Waals surface area (Å²) < 4.78 is 42.0. The molecule has 1 aromatic carbocycles. The van der Waals surface area contributed by atoms with Crippen LogP contribution in [0.3, 0.4) is 0 Å². The van der Waals surface area contributed by atoms with Crippen LogP contribution in [-0.4, -0.2) is 11.3 Å². The zero-order valence-electron chi connectivity index (χ0n) is 9.67. The van der Waals surface area contributed by atoms with E-state index in [9.17, 15) is 13.2 Å². The zero-order valence-corrected chi connectivity index (χ0v) is 12.8. The molecule has 0 amide bonds. The van der Waals surface area contributed by atoms with Crippen molar-refractivity contribution >= 4 is 44.6 Å². The van der Waals surface area contributed by atoms with Crippen LogP contribution in [0.4, 0.5) is 18.9 Å². The third-order valence-corrected chi connectivity index (χ3v) is 3.73. The van der Waals surface area contributed by atoms with E-state index in [2.05, 4.69) is 31.0 Å². The van der Waals surface area contributed by atoms with Crippen molar-refractivity contribution in [3.63, 3.8) is 0 Å². The van der Waals surface area contributed by atoms with E-state index in [-0.39, 0.29) is 18.0 Å². The Morgan fingerprint density at radius 3 is 2.75 bits per heavy atom. The molecule has 0 saturated heterocycles. The first-order valence-corrected chi connectivity index (χ1v) is 7.21. The van der Waals surface area contributed by atoms with E-state index in [1.54, 1.807) is 6.07 Å². The Morgan fingerprint density at radius 1 is 1.40 bits per heavy atom. The van der Waals surface area contributed by atoms with Gasteiger partial charge in [-0.15, -0.1) is 24.5 Å². The number of nitrogens with zero attached hydrogens (tertiary/aromatic N) is 1. The largest absolute Gasteiger partial charge is 0.573 e. The standard InChI is InChI=1S/C11H7BrClF3N2OS/c12-6-1-2-7(8(3-6)19-11(14,15)16)17-5-10-18-4-9(13)20-10/h1-4,17H,5H2. The van der Waals surface area contributed by atoms with Gasteiger partial charge in [0.25, 0.3) is 0 Å². The van der Waals surface area contributed by atoms with Gasteiger partial charge in [0.05, 0.1) is 18.4 Å². The molecule has 108 valence electrons. The third-order valence-electron chi connectivity index (χ3n) is 2.12. The maximum absolute atomic E-state index is 12.3. The maximum Gasteiger partial charge on any atom is 0.573 e. The van der Waals surface area contributed by atoms with Gasteiger partial charge in [-0.05, 0) is 18.2 Å². The normalized spacial score (nSPS) is 11.4. The summed E-state index contributed by atoms with van der Waals surface area (Å²) >= 11 is 10.1. The molecule has 20 heavy (non-hydrogen) atoms. The molecule has 0 aliphatic rings. The van der Waals surface area contributed by atoms with Crippen molar-refractivity contribution in [2.75, 3.05) is 5.32 Å². The number of hydrogen-bond donors (Lipinski definition) is 1. The number of hydrogen-bond acceptors (Lipinski definition) is 4. The Kier molecular flexibility index (Phi) is 4.77. The number of thiazole rings is 1. The van der Waals surface area contributed by atoms with Crippen LogP contribution in [0.15, 0.2) is 28.9 Å². The molecule has 1 aromatic heterocycles. The van der Waals surface area contributed by atoms with E-state index in [1.165, 1.54) is 29.7 Å². The van der Waals surface area contributed by atoms with Crippen LogP contribution in [0.2, 0.25) is 4.34 Å². The number of ether oxygens (including phenoxy) is 1. The molecule has 0 atom stereocenters. The Morgan fingerprint density at radius 2 is 2.15 bits per heavy atom. The van der Waals surface area contributed by atoms with Crippen molar-refractivity contribution < 1.29 is 17.9 Å².